The fourth-order valence-electron chi connectivity index (χ4n) is 5.22. The number of anilines is 1. The number of hydrogen-bond donors (Lipinski definition) is 1. The van der Waals surface area contributed by atoms with Crippen LogP contribution >= 0.6 is 0 Å². The van der Waals surface area contributed by atoms with E-state index in [0.29, 0.717) is 0 Å². The van der Waals surface area contributed by atoms with E-state index in [2.05, 4.69) is 44.0 Å². The van der Waals surface area contributed by atoms with E-state index in [4.69, 9.17) is 4.74 Å². The van der Waals surface area contributed by atoms with Crippen molar-refractivity contribution in [1.29, 1.82) is 0 Å². The predicted octanol–water partition coefficient (Wildman–Crippen LogP) is 1.76. The van der Waals surface area contributed by atoms with Gasteiger partial charge in [-0.3, -0.25) is 4.90 Å². The van der Waals surface area contributed by atoms with Crippen LogP contribution in [0.5, 0.6) is 0 Å². The highest BCUT2D eigenvalue weighted by Gasteiger charge is 2.54. The molecule has 27 heavy (non-hydrogen) atoms. The van der Waals surface area contributed by atoms with Gasteiger partial charge in [0.25, 0.3) is 0 Å². The fourth-order valence-corrected chi connectivity index (χ4v) is 5.22. The summed E-state index contributed by atoms with van der Waals surface area (Å²) >= 11 is 0. The topological polar surface area (TPSA) is 61.7 Å². The molecule has 0 amide bonds. The minimum Gasteiger partial charge on any atom is -0.390 e. The Hall–Kier alpha value is -2.02. The Morgan fingerprint density at radius 1 is 0.963 bits per heavy atom. The quantitative estimate of drug-likeness (QED) is 0.874. The molecule has 142 valence electrons. The lowest BCUT2D eigenvalue weighted by molar-refractivity contribution is -0.0418. The third-order valence-electron chi connectivity index (χ3n) is 6.61. The summed E-state index contributed by atoms with van der Waals surface area (Å²) in [4.78, 5) is 13.4. The summed E-state index contributed by atoms with van der Waals surface area (Å²) in [5.41, 5.74) is 2.46. The highest BCUT2D eigenvalue weighted by Crippen LogP contribution is 2.53. The second-order valence-corrected chi connectivity index (χ2v) is 7.82. The van der Waals surface area contributed by atoms with E-state index in [-0.39, 0.29) is 17.6 Å². The Labute approximate surface area is 159 Å². The molecule has 1 N–H and O–H groups in total. The van der Waals surface area contributed by atoms with Crippen molar-refractivity contribution in [3.8, 4) is 0 Å². The second kappa shape index (κ2) is 6.86. The predicted molar refractivity (Wildman–Crippen MR) is 103 cm³/mol. The van der Waals surface area contributed by atoms with E-state index in [9.17, 15) is 5.11 Å². The first-order chi connectivity index (χ1) is 13.3. The molecule has 6 heteroatoms. The molecule has 3 heterocycles. The zero-order valence-corrected chi connectivity index (χ0v) is 15.5. The zero-order chi connectivity index (χ0) is 18.3. The van der Waals surface area contributed by atoms with Crippen LogP contribution in [-0.2, 0) is 10.2 Å². The third-order valence-corrected chi connectivity index (χ3v) is 6.61. The normalized spacial score (nSPS) is 27.7. The molecule has 2 aromatic rings. The van der Waals surface area contributed by atoms with Gasteiger partial charge < -0.3 is 14.7 Å². The number of aliphatic hydroxyl groups excluding tert-OH is 1. The molecule has 0 radical (unpaired) electrons. The van der Waals surface area contributed by atoms with Crippen molar-refractivity contribution < 1.29 is 9.84 Å². The lowest BCUT2D eigenvalue weighted by Crippen LogP contribution is -2.51. The van der Waals surface area contributed by atoms with E-state index in [1.165, 1.54) is 11.1 Å². The van der Waals surface area contributed by atoms with Crippen LogP contribution in [0.4, 0.5) is 5.95 Å². The van der Waals surface area contributed by atoms with Gasteiger partial charge in [0.2, 0.25) is 5.95 Å². The number of benzene rings is 1. The number of aliphatic hydroxyl groups is 1. The highest BCUT2D eigenvalue weighted by atomic mass is 16.5. The van der Waals surface area contributed by atoms with Gasteiger partial charge in [0.1, 0.15) is 0 Å². The first-order valence-electron chi connectivity index (χ1n) is 9.91. The van der Waals surface area contributed by atoms with Gasteiger partial charge in [-0.1, -0.05) is 24.3 Å². The number of aromatic nitrogens is 2. The van der Waals surface area contributed by atoms with Crippen LogP contribution in [0.15, 0.2) is 42.7 Å². The third kappa shape index (κ3) is 2.74. The van der Waals surface area contributed by atoms with Gasteiger partial charge in [-0.2, -0.15) is 0 Å². The first kappa shape index (κ1) is 17.1. The highest BCUT2D eigenvalue weighted by molar-refractivity contribution is 5.47. The lowest BCUT2D eigenvalue weighted by Gasteiger charge is -2.44. The van der Waals surface area contributed by atoms with Gasteiger partial charge in [-0.05, 0) is 30.0 Å². The van der Waals surface area contributed by atoms with Crippen LogP contribution < -0.4 is 4.90 Å². The number of piperidine rings is 1. The monoisotopic (exact) mass is 366 g/mol. The largest absolute Gasteiger partial charge is 0.390 e. The summed E-state index contributed by atoms with van der Waals surface area (Å²) in [6.07, 6.45) is 5.04. The molecular formula is C21H26N4O2. The van der Waals surface area contributed by atoms with Crippen LogP contribution in [0.25, 0.3) is 0 Å². The van der Waals surface area contributed by atoms with Gasteiger partial charge in [0, 0.05) is 44.0 Å². The molecule has 0 bridgehead atoms. The SMILES string of the molecule is O[C@@H]1[C@@H](N2CCOCC2)c2ccccc2C12CCN(c1ncccn1)CC2. The standard InChI is InChI=1S/C21H26N4O2/c26-19-18(24-12-14-27-15-13-24)16-4-1-2-5-17(16)21(19)6-10-25(11-7-21)20-22-8-3-9-23-20/h1-5,8-9,18-19,26H,6-7,10-15H2/t18-,19+/m0/s1. The van der Waals surface area contributed by atoms with Crippen molar-refractivity contribution in [2.75, 3.05) is 44.3 Å². The van der Waals surface area contributed by atoms with Crippen molar-refractivity contribution >= 4 is 5.95 Å². The van der Waals surface area contributed by atoms with Gasteiger partial charge >= 0.3 is 0 Å². The van der Waals surface area contributed by atoms with Crippen LogP contribution in [0.1, 0.15) is 30.0 Å². The molecule has 0 unspecified atom stereocenters. The summed E-state index contributed by atoms with van der Waals surface area (Å²) in [7, 11) is 0. The summed E-state index contributed by atoms with van der Waals surface area (Å²) in [6.45, 7) is 5.00. The average Bonchev–Trinajstić information content (AvgIpc) is 2.98. The van der Waals surface area contributed by atoms with Crippen LogP contribution in [0.2, 0.25) is 0 Å². The van der Waals surface area contributed by atoms with Crippen molar-refractivity contribution in [1.82, 2.24) is 14.9 Å². The fraction of sp³-hybridized carbons (Fsp3) is 0.524. The maximum atomic E-state index is 11.6. The molecule has 2 aliphatic heterocycles. The molecule has 1 spiro atoms. The van der Waals surface area contributed by atoms with E-state index >= 15 is 0 Å². The number of fused-ring (bicyclic) bond motifs is 2. The number of rotatable bonds is 2. The van der Waals surface area contributed by atoms with Gasteiger partial charge in [0.15, 0.2) is 0 Å². The lowest BCUT2D eigenvalue weighted by atomic mass is 9.72. The molecular weight excluding hydrogens is 340 g/mol. The second-order valence-electron chi connectivity index (χ2n) is 7.82. The Balaban J connectivity index is 1.44. The van der Waals surface area contributed by atoms with Crippen LogP contribution in [0, 0.1) is 0 Å². The smallest absolute Gasteiger partial charge is 0.225 e. The van der Waals surface area contributed by atoms with Gasteiger partial charge in [-0.15, -0.1) is 0 Å². The van der Waals surface area contributed by atoms with E-state index in [1.54, 1.807) is 12.4 Å². The maximum Gasteiger partial charge on any atom is 0.225 e. The summed E-state index contributed by atoms with van der Waals surface area (Å²) in [5.74, 6) is 0.790. The van der Waals surface area contributed by atoms with Crippen molar-refractivity contribution in [3.63, 3.8) is 0 Å². The van der Waals surface area contributed by atoms with Gasteiger partial charge in [0.05, 0.1) is 25.4 Å². The first-order valence-corrected chi connectivity index (χ1v) is 9.91. The average molecular weight is 366 g/mol. The summed E-state index contributed by atoms with van der Waals surface area (Å²) in [5, 5.41) is 11.6. The molecule has 1 aromatic carbocycles. The van der Waals surface area contributed by atoms with E-state index < -0.39 is 0 Å². The molecule has 2 atom stereocenters. The molecule has 0 saturated carbocycles. The molecule has 1 aliphatic carbocycles. The van der Waals surface area contributed by atoms with E-state index in [1.807, 2.05) is 6.07 Å². The maximum absolute atomic E-state index is 11.6. The minimum absolute atomic E-state index is 0.0737. The Kier molecular flexibility index (Phi) is 4.34. The Morgan fingerprint density at radius 2 is 1.67 bits per heavy atom. The molecule has 6 nitrogen and oxygen atoms in total. The van der Waals surface area contributed by atoms with Crippen LogP contribution in [0.3, 0.4) is 0 Å². The van der Waals surface area contributed by atoms with Gasteiger partial charge in [-0.25, -0.2) is 9.97 Å². The van der Waals surface area contributed by atoms with Crippen molar-refractivity contribution in [2.24, 2.45) is 0 Å². The summed E-state index contributed by atoms with van der Waals surface area (Å²) in [6, 6.07) is 10.6. The molecule has 2 saturated heterocycles. The Morgan fingerprint density at radius 3 is 2.41 bits per heavy atom. The number of nitrogens with zero attached hydrogens (tertiary/aromatic N) is 4. The Bertz CT molecular complexity index is 786. The van der Waals surface area contributed by atoms with Crippen LogP contribution in [-0.4, -0.2) is 65.5 Å². The number of morpholine rings is 1. The molecule has 3 aliphatic rings. The number of ether oxygens (including phenoxy) is 1. The molecule has 5 rings (SSSR count). The van der Waals surface area contributed by atoms with E-state index in [0.717, 1.165) is 58.2 Å². The zero-order valence-electron chi connectivity index (χ0n) is 15.5. The molecule has 1 aromatic heterocycles. The molecule has 2 fully saturated rings. The van der Waals surface area contributed by atoms with Crippen molar-refractivity contribution in [2.45, 2.75) is 30.4 Å². The number of hydrogen-bond acceptors (Lipinski definition) is 6. The van der Waals surface area contributed by atoms with Crippen molar-refractivity contribution in [3.05, 3.63) is 53.9 Å². The minimum atomic E-state index is -0.383. The summed E-state index contributed by atoms with van der Waals surface area (Å²) < 4.78 is 5.54.